The van der Waals surface area contributed by atoms with E-state index in [0.29, 0.717) is 6.54 Å². The molecule has 0 radical (unpaired) electrons. The minimum atomic E-state index is -0.846. The van der Waals surface area contributed by atoms with Crippen LogP contribution in [0.5, 0.6) is 0 Å². The molecule has 0 aromatic carbocycles. The van der Waals surface area contributed by atoms with E-state index < -0.39 is 17.4 Å². The zero-order valence-corrected chi connectivity index (χ0v) is 9.16. The molecule has 0 aromatic heterocycles. The lowest BCUT2D eigenvalue weighted by Gasteiger charge is -2.33. The third-order valence-corrected chi connectivity index (χ3v) is 1.73. The minimum absolute atomic E-state index is 0.331. The van der Waals surface area contributed by atoms with Crippen molar-refractivity contribution in [2.75, 3.05) is 13.7 Å². The van der Waals surface area contributed by atoms with Gasteiger partial charge in [-0.2, -0.15) is 0 Å². The first-order chi connectivity index (χ1) is 6.34. The van der Waals surface area contributed by atoms with Crippen molar-refractivity contribution < 1.29 is 14.3 Å². The number of carbonyl (C=O) groups is 2. The van der Waals surface area contributed by atoms with E-state index in [4.69, 9.17) is 0 Å². The average Bonchev–Trinajstić information content (AvgIpc) is 2.09. The maximum absolute atomic E-state index is 11.5. The number of amides is 1. The van der Waals surface area contributed by atoms with Gasteiger partial charge in [0.1, 0.15) is 0 Å². The molecule has 0 fully saturated rings. The zero-order chi connectivity index (χ0) is 11.4. The molecule has 4 nitrogen and oxygen atoms in total. The third kappa shape index (κ3) is 3.20. The van der Waals surface area contributed by atoms with Crippen molar-refractivity contribution in [3.8, 4) is 0 Å². The second kappa shape index (κ2) is 4.79. The molecule has 0 spiro atoms. The van der Waals surface area contributed by atoms with Crippen molar-refractivity contribution in [1.29, 1.82) is 0 Å². The van der Waals surface area contributed by atoms with E-state index >= 15 is 0 Å². The number of carbonyl (C=O) groups excluding carboxylic acids is 2. The normalized spacial score (nSPS) is 10.6. The molecule has 0 aliphatic rings. The molecule has 0 saturated heterocycles. The van der Waals surface area contributed by atoms with Crippen LogP contribution in [0.2, 0.25) is 0 Å². The summed E-state index contributed by atoms with van der Waals surface area (Å²) in [5.74, 6) is -1.48. The number of nitrogens with zero attached hydrogens (tertiary/aromatic N) is 1. The fourth-order valence-electron chi connectivity index (χ4n) is 0.988. The average molecular weight is 199 g/mol. The number of rotatable bonds is 2. The van der Waals surface area contributed by atoms with E-state index in [1.54, 1.807) is 6.08 Å². The molecule has 0 heterocycles. The largest absolute Gasteiger partial charge is 0.462 e. The van der Waals surface area contributed by atoms with Crippen molar-refractivity contribution in [2.45, 2.75) is 26.3 Å². The van der Waals surface area contributed by atoms with Gasteiger partial charge in [-0.25, -0.2) is 4.79 Å². The van der Waals surface area contributed by atoms with Crippen LogP contribution in [0.25, 0.3) is 0 Å². The highest BCUT2D eigenvalue weighted by molar-refractivity contribution is 6.32. The van der Waals surface area contributed by atoms with Crippen molar-refractivity contribution in [2.24, 2.45) is 0 Å². The summed E-state index contributed by atoms with van der Waals surface area (Å²) < 4.78 is 4.37. The Hall–Kier alpha value is -1.32. The number of hydrogen-bond acceptors (Lipinski definition) is 3. The smallest absolute Gasteiger partial charge is 0.396 e. The lowest BCUT2D eigenvalue weighted by atomic mass is 10.1. The van der Waals surface area contributed by atoms with Crippen LogP contribution in [0, 0.1) is 0 Å². The molecule has 0 N–H and O–H groups in total. The number of esters is 1. The highest BCUT2D eigenvalue weighted by Gasteiger charge is 2.30. The van der Waals surface area contributed by atoms with Gasteiger partial charge in [0.05, 0.1) is 7.11 Å². The Morgan fingerprint density at radius 3 is 2.21 bits per heavy atom. The van der Waals surface area contributed by atoms with Gasteiger partial charge in [-0.15, -0.1) is 6.58 Å². The Kier molecular flexibility index (Phi) is 4.34. The van der Waals surface area contributed by atoms with Crippen LogP contribution in [-0.4, -0.2) is 36.0 Å². The van der Waals surface area contributed by atoms with Gasteiger partial charge in [-0.1, -0.05) is 6.08 Å². The molecule has 14 heavy (non-hydrogen) atoms. The molecule has 0 atom stereocenters. The molecule has 4 heteroatoms. The maximum Gasteiger partial charge on any atom is 0.396 e. The molecule has 0 aliphatic carbocycles. The number of hydrogen-bond donors (Lipinski definition) is 0. The Morgan fingerprint density at radius 2 is 1.93 bits per heavy atom. The summed E-state index contributed by atoms with van der Waals surface area (Å²) >= 11 is 0. The molecule has 0 saturated carbocycles. The van der Waals surface area contributed by atoms with Crippen molar-refractivity contribution in [3.63, 3.8) is 0 Å². The quantitative estimate of drug-likeness (QED) is 0.378. The van der Waals surface area contributed by atoms with Crippen LogP contribution < -0.4 is 0 Å². The van der Waals surface area contributed by atoms with Crippen LogP contribution in [0.1, 0.15) is 20.8 Å². The second-order valence-corrected chi connectivity index (χ2v) is 3.87. The predicted octanol–water partition coefficient (Wildman–Crippen LogP) is 0.972. The van der Waals surface area contributed by atoms with Crippen molar-refractivity contribution in [1.82, 2.24) is 4.90 Å². The first-order valence-corrected chi connectivity index (χ1v) is 4.35. The van der Waals surface area contributed by atoms with Gasteiger partial charge in [0.2, 0.25) is 0 Å². The van der Waals surface area contributed by atoms with E-state index in [2.05, 4.69) is 11.3 Å². The number of methoxy groups -OCH3 is 1. The summed E-state index contributed by atoms with van der Waals surface area (Å²) in [6, 6.07) is 0. The van der Waals surface area contributed by atoms with Crippen LogP contribution in [-0.2, 0) is 14.3 Å². The van der Waals surface area contributed by atoms with Crippen LogP contribution in [0.15, 0.2) is 12.7 Å². The van der Waals surface area contributed by atoms with Gasteiger partial charge in [0, 0.05) is 12.1 Å². The van der Waals surface area contributed by atoms with Gasteiger partial charge in [0.15, 0.2) is 0 Å². The summed E-state index contributed by atoms with van der Waals surface area (Å²) in [6.07, 6.45) is 1.58. The molecule has 0 aliphatic heterocycles. The molecule has 0 bridgehead atoms. The second-order valence-electron chi connectivity index (χ2n) is 3.87. The van der Waals surface area contributed by atoms with Crippen LogP contribution in [0.4, 0.5) is 0 Å². The van der Waals surface area contributed by atoms with E-state index in [9.17, 15) is 9.59 Å². The monoisotopic (exact) mass is 199 g/mol. The summed E-state index contributed by atoms with van der Waals surface area (Å²) in [6.45, 7) is 9.40. The van der Waals surface area contributed by atoms with Gasteiger partial charge >= 0.3 is 11.9 Å². The lowest BCUT2D eigenvalue weighted by Crippen LogP contribution is -2.48. The first kappa shape index (κ1) is 12.7. The van der Waals surface area contributed by atoms with Crippen LogP contribution >= 0.6 is 0 Å². The summed E-state index contributed by atoms with van der Waals surface area (Å²) in [7, 11) is 1.19. The van der Waals surface area contributed by atoms with Crippen molar-refractivity contribution >= 4 is 11.9 Å². The molecular formula is C10H17NO3. The molecule has 0 unspecified atom stereocenters. The lowest BCUT2D eigenvalue weighted by molar-refractivity contribution is -0.160. The minimum Gasteiger partial charge on any atom is -0.462 e. The fourth-order valence-corrected chi connectivity index (χ4v) is 0.988. The standard InChI is InChI=1S/C10H17NO3/c1-6-7-11(10(2,3)4)8(12)9(13)14-5/h6H,1,7H2,2-5H3. The Bertz CT molecular complexity index is 240. The molecule has 80 valence electrons. The Morgan fingerprint density at radius 1 is 1.43 bits per heavy atom. The van der Waals surface area contributed by atoms with E-state index in [0.717, 1.165) is 0 Å². The molecule has 0 rings (SSSR count). The topological polar surface area (TPSA) is 46.6 Å². The molecule has 1 amide bonds. The highest BCUT2D eigenvalue weighted by atomic mass is 16.5. The Labute approximate surface area is 84.5 Å². The maximum atomic E-state index is 11.5. The van der Waals surface area contributed by atoms with E-state index in [1.807, 2.05) is 20.8 Å². The predicted molar refractivity (Wildman–Crippen MR) is 53.7 cm³/mol. The zero-order valence-electron chi connectivity index (χ0n) is 9.16. The fraction of sp³-hybridized carbons (Fsp3) is 0.600. The summed E-state index contributed by atoms with van der Waals surface area (Å²) in [5.41, 5.74) is -0.417. The van der Waals surface area contributed by atoms with Gasteiger partial charge in [-0.05, 0) is 20.8 Å². The van der Waals surface area contributed by atoms with E-state index in [1.165, 1.54) is 12.0 Å². The Balaban J connectivity index is 4.75. The van der Waals surface area contributed by atoms with Gasteiger partial charge in [0.25, 0.3) is 0 Å². The van der Waals surface area contributed by atoms with Gasteiger partial charge < -0.3 is 9.64 Å². The van der Waals surface area contributed by atoms with Crippen LogP contribution in [0.3, 0.4) is 0 Å². The third-order valence-electron chi connectivity index (χ3n) is 1.73. The first-order valence-electron chi connectivity index (χ1n) is 4.35. The van der Waals surface area contributed by atoms with Crippen molar-refractivity contribution in [3.05, 3.63) is 12.7 Å². The SMILES string of the molecule is C=CCN(C(=O)C(=O)OC)C(C)(C)C. The highest BCUT2D eigenvalue weighted by Crippen LogP contribution is 2.13. The summed E-state index contributed by atoms with van der Waals surface area (Å²) in [4.78, 5) is 24.0. The number of ether oxygens (including phenoxy) is 1. The molecule has 0 aromatic rings. The van der Waals surface area contributed by atoms with E-state index in [-0.39, 0.29) is 0 Å². The summed E-state index contributed by atoms with van der Waals surface area (Å²) in [5, 5.41) is 0. The van der Waals surface area contributed by atoms with Gasteiger partial charge in [-0.3, -0.25) is 4.79 Å². The molecular weight excluding hydrogens is 182 g/mol.